The van der Waals surface area contributed by atoms with Gasteiger partial charge < -0.3 is 9.73 Å². The Bertz CT molecular complexity index is 1750. The Morgan fingerprint density at radius 2 is 1.29 bits per heavy atom. The Kier molecular flexibility index (Phi) is 4.22. The lowest BCUT2D eigenvalue weighted by Gasteiger charge is -2.21. The summed E-state index contributed by atoms with van der Waals surface area (Å²) in [5.74, 6) is 0. The minimum Gasteiger partial charge on any atom is -0.456 e. The molecule has 2 nitrogen and oxygen atoms in total. The van der Waals surface area contributed by atoms with Gasteiger partial charge in [-0.05, 0) is 64.2 Å². The van der Waals surface area contributed by atoms with Gasteiger partial charge in [-0.15, -0.1) is 0 Å². The minimum atomic E-state index is 0.0182. The van der Waals surface area contributed by atoms with E-state index >= 15 is 0 Å². The third-order valence-electron chi connectivity index (χ3n) is 7.48. The summed E-state index contributed by atoms with van der Waals surface area (Å²) in [7, 11) is 0. The van der Waals surface area contributed by atoms with Crippen LogP contribution >= 0.6 is 0 Å². The smallest absolute Gasteiger partial charge is 0.136 e. The number of fused-ring (bicyclic) bond motifs is 6. The molecule has 2 heteroatoms. The molecule has 0 fully saturated rings. The van der Waals surface area contributed by atoms with Gasteiger partial charge in [-0.3, -0.25) is 0 Å². The monoisotopic (exact) mass is 451 g/mol. The van der Waals surface area contributed by atoms with Crippen LogP contribution in [0.15, 0.2) is 114 Å². The Morgan fingerprint density at radius 3 is 2.20 bits per heavy atom. The van der Waals surface area contributed by atoms with Crippen LogP contribution in [0, 0.1) is 0 Å². The second-order valence-corrected chi connectivity index (χ2v) is 9.91. The molecule has 0 saturated heterocycles. The van der Waals surface area contributed by atoms with Crippen LogP contribution in [0.25, 0.3) is 44.2 Å². The maximum Gasteiger partial charge on any atom is 0.136 e. The summed E-state index contributed by atoms with van der Waals surface area (Å²) < 4.78 is 6.16. The number of rotatable bonds is 3. The number of hydrogen-bond donors (Lipinski definition) is 1. The van der Waals surface area contributed by atoms with Gasteiger partial charge in [0.05, 0.1) is 0 Å². The van der Waals surface area contributed by atoms with Crippen molar-refractivity contribution in [3.8, 4) is 22.3 Å². The second kappa shape index (κ2) is 7.35. The number of benzene rings is 5. The number of nitrogens with one attached hydrogen (secondary N) is 1. The molecule has 0 spiro atoms. The van der Waals surface area contributed by atoms with Gasteiger partial charge in [0.25, 0.3) is 0 Å². The Morgan fingerprint density at radius 1 is 0.571 bits per heavy atom. The summed E-state index contributed by atoms with van der Waals surface area (Å²) in [6, 6.07) is 38.7. The van der Waals surface area contributed by atoms with Gasteiger partial charge in [-0.25, -0.2) is 0 Å². The van der Waals surface area contributed by atoms with E-state index in [1.165, 1.54) is 22.3 Å². The average Bonchev–Trinajstić information content (AvgIpc) is 3.36. The molecule has 5 aromatic carbocycles. The van der Waals surface area contributed by atoms with Crippen molar-refractivity contribution in [3.63, 3.8) is 0 Å². The van der Waals surface area contributed by atoms with Gasteiger partial charge in [0.1, 0.15) is 11.2 Å². The highest BCUT2D eigenvalue weighted by molar-refractivity contribution is 6.06. The van der Waals surface area contributed by atoms with Crippen LogP contribution in [-0.2, 0) is 5.41 Å². The van der Waals surface area contributed by atoms with Gasteiger partial charge in [0, 0.05) is 33.1 Å². The number of furan rings is 1. The van der Waals surface area contributed by atoms with Crippen molar-refractivity contribution < 1.29 is 4.42 Å². The predicted molar refractivity (Wildman–Crippen MR) is 146 cm³/mol. The van der Waals surface area contributed by atoms with Crippen LogP contribution in [0.4, 0.5) is 11.4 Å². The summed E-state index contributed by atoms with van der Waals surface area (Å²) >= 11 is 0. The lowest BCUT2D eigenvalue weighted by Crippen LogP contribution is -2.14. The first-order valence-electron chi connectivity index (χ1n) is 12.1. The van der Waals surface area contributed by atoms with Crippen molar-refractivity contribution in [2.24, 2.45) is 0 Å². The molecule has 0 saturated carbocycles. The van der Waals surface area contributed by atoms with Crippen molar-refractivity contribution >= 4 is 33.3 Å². The first-order chi connectivity index (χ1) is 17.1. The quantitative estimate of drug-likeness (QED) is 0.290. The summed E-state index contributed by atoms with van der Waals surface area (Å²) in [5, 5.41) is 6.01. The van der Waals surface area contributed by atoms with Crippen LogP contribution < -0.4 is 5.32 Å². The predicted octanol–water partition coefficient (Wildman–Crippen LogP) is 9.30. The molecule has 0 bridgehead atoms. The fourth-order valence-corrected chi connectivity index (χ4v) is 5.69. The second-order valence-electron chi connectivity index (χ2n) is 9.91. The first kappa shape index (κ1) is 20.1. The van der Waals surface area contributed by atoms with E-state index in [1.54, 1.807) is 0 Å². The van der Waals surface area contributed by atoms with Crippen molar-refractivity contribution in [2.45, 2.75) is 19.3 Å². The van der Waals surface area contributed by atoms with Crippen LogP contribution in [-0.4, -0.2) is 0 Å². The molecule has 35 heavy (non-hydrogen) atoms. The summed E-state index contributed by atoms with van der Waals surface area (Å²) in [4.78, 5) is 0. The van der Waals surface area contributed by atoms with Crippen LogP contribution in [0.3, 0.4) is 0 Å². The zero-order valence-electron chi connectivity index (χ0n) is 19.8. The highest BCUT2D eigenvalue weighted by Crippen LogP contribution is 2.49. The molecule has 0 aliphatic heterocycles. The van der Waals surface area contributed by atoms with Gasteiger partial charge in [0.2, 0.25) is 0 Å². The van der Waals surface area contributed by atoms with Crippen molar-refractivity contribution in [1.29, 1.82) is 0 Å². The summed E-state index contributed by atoms with van der Waals surface area (Å²) in [6.45, 7) is 4.63. The molecule has 168 valence electrons. The van der Waals surface area contributed by atoms with E-state index in [9.17, 15) is 0 Å². The highest BCUT2D eigenvalue weighted by atomic mass is 16.3. The molecule has 7 rings (SSSR count). The van der Waals surface area contributed by atoms with E-state index in [1.807, 2.05) is 12.1 Å². The van der Waals surface area contributed by atoms with Gasteiger partial charge >= 0.3 is 0 Å². The molecule has 0 radical (unpaired) electrons. The number of hydrogen-bond acceptors (Lipinski definition) is 2. The summed E-state index contributed by atoms with van der Waals surface area (Å²) in [6.07, 6.45) is 0. The Hall–Kier alpha value is -4.30. The van der Waals surface area contributed by atoms with Gasteiger partial charge in [-0.1, -0.05) is 86.6 Å². The molecule has 1 aromatic heterocycles. The minimum absolute atomic E-state index is 0.0182. The zero-order valence-corrected chi connectivity index (χ0v) is 19.8. The molecule has 0 atom stereocenters. The van der Waals surface area contributed by atoms with Gasteiger partial charge in [0.15, 0.2) is 0 Å². The van der Waals surface area contributed by atoms with E-state index in [4.69, 9.17) is 4.42 Å². The molecule has 1 N–H and O–H groups in total. The topological polar surface area (TPSA) is 25.2 Å². The van der Waals surface area contributed by atoms with E-state index in [-0.39, 0.29) is 5.41 Å². The lowest BCUT2D eigenvalue weighted by molar-refractivity contribution is 0.660. The van der Waals surface area contributed by atoms with E-state index < -0.39 is 0 Å². The normalized spacial score (nSPS) is 13.7. The number of para-hydroxylation sites is 2. The standard InChI is InChI=1S/C33H25NO/c1-33(2)28-12-6-3-10-24(28)27-20-22(16-18-29(27)33)34-30-13-7-4-9-23(30)21-15-17-26-25-11-5-8-14-31(25)35-32(26)19-21/h3-20,34H,1-2H3. The molecule has 1 heterocycles. The van der Waals surface area contributed by atoms with Crippen molar-refractivity contribution in [1.82, 2.24) is 0 Å². The Balaban J connectivity index is 1.30. The maximum absolute atomic E-state index is 6.16. The molecule has 1 aliphatic rings. The SMILES string of the molecule is CC1(C)c2ccccc2-c2cc(Nc3ccccc3-c3ccc4c(c3)oc3ccccc34)ccc21. The van der Waals surface area contributed by atoms with Gasteiger partial charge in [-0.2, -0.15) is 0 Å². The molecule has 1 aliphatic carbocycles. The molecule has 0 amide bonds. The van der Waals surface area contributed by atoms with E-state index in [0.717, 1.165) is 44.4 Å². The Labute approximate surface area is 204 Å². The average molecular weight is 452 g/mol. The third-order valence-corrected chi connectivity index (χ3v) is 7.48. The van der Waals surface area contributed by atoms with Crippen LogP contribution in [0.1, 0.15) is 25.0 Å². The largest absolute Gasteiger partial charge is 0.456 e. The zero-order chi connectivity index (χ0) is 23.6. The van der Waals surface area contributed by atoms with Crippen molar-refractivity contribution in [3.05, 3.63) is 120 Å². The maximum atomic E-state index is 6.16. The van der Waals surface area contributed by atoms with E-state index in [2.05, 4.69) is 116 Å². The first-order valence-corrected chi connectivity index (χ1v) is 12.1. The van der Waals surface area contributed by atoms with Crippen molar-refractivity contribution in [2.75, 3.05) is 5.32 Å². The number of anilines is 2. The molecule has 0 unspecified atom stereocenters. The lowest BCUT2D eigenvalue weighted by atomic mass is 9.82. The highest BCUT2D eigenvalue weighted by Gasteiger charge is 2.35. The fraction of sp³-hybridized carbons (Fsp3) is 0.0909. The molecular weight excluding hydrogens is 426 g/mol. The third kappa shape index (κ3) is 3.03. The van der Waals surface area contributed by atoms with Crippen LogP contribution in [0.5, 0.6) is 0 Å². The van der Waals surface area contributed by atoms with E-state index in [0.29, 0.717) is 0 Å². The summed E-state index contributed by atoms with van der Waals surface area (Å²) in [5.41, 5.74) is 11.7. The van der Waals surface area contributed by atoms with Crippen LogP contribution in [0.2, 0.25) is 0 Å². The fourth-order valence-electron chi connectivity index (χ4n) is 5.69. The molecular formula is C33H25NO. The molecule has 6 aromatic rings.